The first-order chi connectivity index (χ1) is 6.57. The van der Waals surface area contributed by atoms with Gasteiger partial charge < -0.3 is 0 Å². The first-order valence-corrected chi connectivity index (χ1v) is 4.35. The minimum atomic E-state index is -2.85. The Morgan fingerprint density at radius 2 is 2.21 bits per heavy atom. The Labute approximate surface area is 86.5 Å². The molecular weight excluding hydrogens is 261 g/mol. The van der Waals surface area contributed by atoms with Crippen LogP contribution in [-0.2, 0) is 6.42 Å². The number of rotatable bonds is 2. The molecule has 6 heteroatoms. The van der Waals surface area contributed by atoms with Gasteiger partial charge in [-0.05, 0) is 15.9 Å². The molecule has 2 nitrogen and oxygen atoms in total. The zero-order chi connectivity index (χ0) is 10.7. The third kappa shape index (κ3) is 2.04. The van der Waals surface area contributed by atoms with Gasteiger partial charge >= 0.3 is 0 Å². The molecule has 1 rings (SSSR count). The van der Waals surface area contributed by atoms with Crippen molar-refractivity contribution in [1.82, 2.24) is 4.98 Å². The molecule has 0 aliphatic rings. The highest BCUT2D eigenvalue weighted by Gasteiger charge is 2.20. The summed E-state index contributed by atoms with van der Waals surface area (Å²) in [5, 5.41) is 8.34. The average molecular weight is 265 g/mol. The molecule has 0 bridgehead atoms. The highest BCUT2D eigenvalue weighted by Crippen LogP contribution is 2.31. The SMILES string of the molecule is N#CCc1ncc(F)c(Br)c1C(F)F. The largest absolute Gasteiger partial charge is 0.266 e. The first kappa shape index (κ1) is 11.0. The van der Waals surface area contributed by atoms with Gasteiger partial charge in [-0.2, -0.15) is 5.26 Å². The van der Waals surface area contributed by atoms with E-state index in [0.29, 0.717) is 0 Å². The molecular formula is C8H4BrF3N2. The average Bonchev–Trinajstić information content (AvgIpc) is 2.11. The smallest absolute Gasteiger partial charge is 0.257 e. The monoisotopic (exact) mass is 264 g/mol. The van der Waals surface area contributed by atoms with Crippen LogP contribution in [-0.4, -0.2) is 4.98 Å². The minimum absolute atomic E-state index is 0.101. The second-order valence-corrected chi connectivity index (χ2v) is 3.21. The van der Waals surface area contributed by atoms with Crippen molar-refractivity contribution in [2.75, 3.05) is 0 Å². The lowest BCUT2D eigenvalue weighted by Gasteiger charge is -2.07. The van der Waals surface area contributed by atoms with Crippen molar-refractivity contribution < 1.29 is 13.2 Å². The van der Waals surface area contributed by atoms with Crippen LogP contribution in [0.5, 0.6) is 0 Å². The molecule has 1 aromatic heterocycles. The van der Waals surface area contributed by atoms with Crippen LogP contribution in [0.4, 0.5) is 13.2 Å². The van der Waals surface area contributed by atoms with Crippen LogP contribution in [0.2, 0.25) is 0 Å². The maximum atomic E-state index is 12.8. The van der Waals surface area contributed by atoms with Gasteiger partial charge in [-0.1, -0.05) is 0 Å². The predicted molar refractivity (Wildman–Crippen MR) is 46.2 cm³/mol. The maximum absolute atomic E-state index is 12.8. The van der Waals surface area contributed by atoms with Crippen LogP contribution in [0.1, 0.15) is 17.7 Å². The Hall–Kier alpha value is -1.09. The number of alkyl halides is 2. The fourth-order valence-electron chi connectivity index (χ4n) is 0.954. The number of halogens is 4. The molecule has 1 aromatic rings. The molecule has 0 fully saturated rings. The molecule has 0 saturated carbocycles. The number of pyridine rings is 1. The first-order valence-electron chi connectivity index (χ1n) is 3.55. The van der Waals surface area contributed by atoms with E-state index >= 15 is 0 Å². The molecule has 0 aliphatic heterocycles. The van der Waals surface area contributed by atoms with Crippen LogP contribution in [0.3, 0.4) is 0 Å². The molecule has 0 amide bonds. The molecule has 0 N–H and O–H groups in total. The summed E-state index contributed by atoms with van der Waals surface area (Å²) in [4.78, 5) is 3.44. The van der Waals surface area contributed by atoms with Gasteiger partial charge in [0.1, 0.15) is 0 Å². The molecule has 0 saturated heterocycles. The summed E-state index contributed by atoms with van der Waals surface area (Å²) in [5.74, 6) is -0.859. The number of aromatic nitrogens is 1. The highest BCUT2D eigenvalue weighted by molar-refractivity contribution is 9.10. The van der Waals surface area contributed by atoms with E-state index in [1.54, 1.807) is 6.07 Å². The van der Waals surface area contributed by atoms with Crippen LogP contribution in [0, 0.1) is 17.1 Å². The van der Waals surface area contributed by atoms with Gasteiger partial charge in [0, 0.05) is 0 Å². The van der Waals surface area contributed by atoms with Crippen LogP contribution < -0.4 is 0 Å². The molecule has 1 heterocycles. The van der Waals surface area contributed by atoms with Gasteiger partial charge in [-0.25, -0.2) is 13.2 Å². The molecule has 0 aliphatic carbocycles. The lowest BCUT2D eigenvalue weighted by molar-refractivity contribution is 0.148. The summed E-state index contributed by atoms with van der Waals surface area (Å²) in [6, 6.07) is 1.69. The van der Waals surface area contributed by atoms with Crippen LogP contribution >= 0.6 is 15.9 Å². The van der Waals surface area contributed by atoms with E-state index in [2.05, 4.69) is 20.9 Å². The normalized spacial score (nSPS) is 10.3. The summed E-state index contributed by atoms with van der Waals surface area (Å²) in [5.41, 5.74) is -0.651. The molecule has 0 spiro atoms. The van der Waals surface area contributed by atoms with Crippen molar-refractivity contribution in [2.45, 2.75) is 12.8 Å². The third-order valence-corrected chi connectivity index (χ3v) is 2.36. The fourth-order valence-corrected chi connectivity index (χ4v) is 1.46. The Bertz CT molecular complexity index is 387. The van der Waals surface area contributed by atoms with Gasteiger partial charge in [-0.3, -0.25) is 4.98 Å². The van der Waals surface area contributed by atoms with Crippen molar-refractivity contribution in [1.29, 1.82) is 5.26 Å². The molecule has 0 unspecified atom stereocenters. The molecule has 74 valence electrons. The zero-order valence-electron chi connectivity index (χ0n) is 6.77. The lowest BCUT2D eigenvalue weighted by atomic mass is 10.1. The van der Waals surface area contributed by atoms with Crippen LogP contribution in [0.25, 0.3) is 0 Å². The van der Waals surface area contributed by atoms with E-state index < -0.39 is 17.8 Å². The quantitative estimate of drug-likeness (QED) is 0.824. The molecule has 0 aromatic carbocycles. The number of hydrogen-bond acceptors (Lipinski definition) is 2. The number of nitrogens with zero attached hydrogens (tertiary/aromatic N) is 2. The van der Waals surface area contributed by atoms with Crippen molar-refractivity contribution >= 4 is 15.9 Å². The van der Waals surface area contributed by atoms with Gasteiger partial charge in [0.05, 0.1) is 34.4 Å². The molecule has 14 heavy (non-hydrogen) atoms. The third-order valence-electron chi connectivity index (χ3n) is 1.56. The minimum Gasteiger partial charge on any atom is -0.257 e. The van der Waals surface area contributed by atoms with E-state index in [4.69, 9.17) is 5.26 Å². The maximum Gasteiger partial charge on any atom is 0.266 e. The van der Waals surface area contributed by atoms with Gasteiger partial charge in [-0.15, -0.1) is 0 Å². The predicted octanol–water partition coefficient (Wildman–Crippen LogP) is 2.99. The van der Waals surface area contributed by atoms with Crippen molar-refractivity contribution in [2.24, 2.45) is 0 Å². The topological polar surface area (TPSA) is 36.7 Å². The number of hydrogen-bond donors (Lipinski definition) is 0. The highest BCUT2D eigenvalue weighted by atomic mass is 79.9. The number of nitriles is 1. The van der Waals surface area contributed by atoms with Gasteiger partial charge in [0.15, 0.2) is 5.82 Å². The zero-order valence-corrected chi connectivity index (χ0v) is 8.35. The Morgan fingerprint density at radius 3 is 2.71 bits per heavy atom. The Kier molecular flexibility index (Phi) is 3.47. The summed E-state index contributed by atoms with van der Waals surface area (Å²) in [6.45, 7) is 0. The summed E-state index contributed by atoms with van der Waals surface area (Å²) in [6.07, 6.45) is -2.31. The second-order valence-electron chi connectivity index (χ2n) is 2.42. The van der Waals surface area contributed by atoms with E-state index in [0.717, 1.165) is 6.20 Å². The standard InChI is InChI=1S/C8H4BrF3N2/c9-7-4(10)3-14-5(1-2-13)6(7)8(11)12/h3,8H,1H2. The van der Waals surface area contributed by atoms with Crippen LogP contribution in [0.15, 0.2) is 10.7 Å². The van der Waals surface area contributed by atoms with E-state index in [-0.39, 0.29) is 16.6 Å². The van der Waals surface area contributed by atoms with Crippen molar-refractivity contribution in [3.05, 3.63) is 27.7 Å². The summed E-state index contributed by atoms with van der Waals surface area (Å²) < 4.78 is 37.4. The van der Waals surface area contributed by atoms with E-state index in [1.165, 1.54) is 0 Å². The second kappa shape index (κ2) is 4.42. The fraction of sp³-hybridized carbons (Fsp3) is 0.250. The van der Waals surface area contributed by atoms with Gasteiger partial charge in [0.25, 0.3) is 6.43 Å². The molecule has 0 radical (unpaired) electrons. The summed E-state index contributed by atoms with van der Waals surface area (Å²) >= 11 is 2.70. The Balaban J connectivity index is 3.31. The van der Waals surface area contributed by atoms with Gasteiger partial charge in [0.2, 0.25) is 0 Å². The van der Waals surface area contributed by atoms with E-state index in [1.807, 2.05) is 0 Å². The van der Waals surface area contributed by atoms with Crippen molar-refractivity contribution in [3.63, 3.8) is 0 Å². The van der Waals surface area contributed by atoms with E-state index in [9.17, 15) is 13.2 Å². The lowest BCUT2D eigenvalue weighted by Crippen LogP contribution is -2.01. The van der Waals surface area contributed by atoms with Crippen molar-refractivity contribution in [3.8, 4) is 6.07 Å². The summed E-state index contributed by atoms with van der Waals surface area (Å²) in [7, 11) is 0. The Morgan fingerprint density at radius 1 is 1.57 bits per heavy atom. The molecule has 0 atom stereocenters.